The highest BCUT2D eigenvalue weighted by molar-refractivity contribution is 7.85. The van der Waals surface area contributed by atoms with Crippen LogP contribution in [-0.4, -0.2) is 28.9 Å². The van der Waals surface area contributed by atoms with Crippen LogP contribution < -0.4 is 15.2 Å². The van der Waals surface area contributed by atoms with Gasteiger partial charge in [-0.1, -0.05) is 13.0 Å². The van der Waals surface area contributed by atoms with E-state index in [0.29, 0.717) is 24.7 Å². The first-order chi connectivity index (χ1) is 8.70. The number of hydrogen-bond acceptors (Lipinski definition) is 4. The highest BCUT2D eigenvalue weighted by Crippen LogP contribution is 2.32. The van der Waals surface area contributed by atoms with Crippen LogP contribution in [0.25, 0.3) is 0 Å². The van der Waals surface area contributed by atoms with Crippen LogP contribution in [0.5, 0.6) is 11.5 Å². The van der Waals surface area contributed by atoms with E-state index in [2.05, 4.69) is 0 Å². The number of fused-ring (bicyclic) bond motifs is 1. The molecule has 2 atom stereocenters. The zero-order chi connectivity index (χ0) is 13.0. The average molecular weight is 269 g/mol. The van der Waals surface area contributed by atoms with Crippen LogP contribution in [0.1, 0.15) is 24.9 Å². The SMILES string of the molecule is CCCS(=O)CC(N)c1ccc2c(c1)OCCO2. The molecule has 1 aromatic carbocycles. The summed E-state index contributed by atoms with van der Waals surface area (Å²) in [5.74, 6) is 2.69. The molecule has 0 aromatic heterocycles. The fourth-order valence-corrected chi connectivity index (χ4v) is 3.11. The van der Waals surface area contributed by atoms with Gasteiger partial charge in [-0.25, -0.2) is 0 Å². The van der Waals surface area contributed by atoms with Gasteiger partial charge in [0.15, 0.2) is 11.5 Å². The molecule has 4 nitrogen and oxygen atoms in total. The third kappa shape index (κ3) is 3.23. The van der Waals surface area contributed by atoms with Gasteiger partial charge in [-0.15, -0.1) is 0 Å². The summed E-state index contributed by atoms with van der Waals surface area (Å²) in [6.07, 6.45) is 0.917. The lowest BCUT2D eigenvalue weighted by atomic mass is 10.1. The minimum atomic E-state index is -0.849. The highest BCUT2D eigenvalue weighted by atomic mass is 32.2. The minimum Gasteiger partial charge on any atom is -0.486 e. The van der Waals surface area contributed by atoms with E-state index < -0.39 is 10.8 Å². The van der Waals surface area contributed by atoms with Gasteiger partial charge in [-0.3, -0.25) is 4.21 Å². The number of benzene rings is 1. The first-order valence-electron chi connectivity index (χ1n) is 6.21. The molecular weight excluding hydrogens is 250 g/mol. The minimum absolute atomic E-state index is 0.215. The van der Waals surface area contributed by atoms with Gasteiger partial charge in [0.25, 0.3) is 0 Å². The number of hydrogen-bond donors (Lipinski definition) is 1. The van der Waals surface area contributed by atoms with E-state index >= 15 is 0 Å². The predicted molar refractivity (Wildman–Crippen MR) is 72.5 cm³/mol. The fraction of sp³-hybridized carbons (Fsp3) is 0.538. The van der Waals surface area contributed by atoms with Gasteiger partial charge < -0.3 is 15.2 Å². The van der Waals surface area contributed by atoms with Crippen LogP contribution in [0.3, 0.4) is 0 Å². The van der Waals surface area contributed by atoms with Crippen molar-refractivity contribution in [3.63, 3.8) is 0 Å². The predicted octanol–water partition coefficient (Wildman–Crippen LogP) is 1.62. The molecule has 1 heterocycles. The normalized spacial score (nSPS) is 17.2. The molecular formula is C13H19NO3S. The van der Waals surface area contributed by atoms with Gasteiger partial charge in [-0.05, 0) is 24.1 Å². The van der Waals surface area contributed by atoms with E-state index in [1.165, 1.54) is 0 Å². The lowest BCUT2D eigenvalue weighted by molar-refractivity contribution is 0.171. The van der Waals surface area contributed by atoms with E-state index in [9.17, 15) is 4.21 Å². The molecule has 0 spiro atoms. The van der Waals surface area contributed by atoms with Crippen molar-refractivity contribution in [2.75, 3.05) is 24.7 Å². The molecule has 1 aromatic rings. The van der Waals surface area contributed by atoms with Crippen LogP contribution in [0, 0.1) is 0 Å². The molecule has 100 valence electrons. The summed E-state index contributed by atoms with van der Waals surface area (Å²) in [6.45, 7) is 3.17. The Labute approximate surface area is 110 Å². The topological polar surface area (TPSA) is 61.6 Å². The Morgan fingerprint density at radius 1 is 1.33 bits per heavy atom. The molecule has 0 bridgehead atoms. The number of ether oxygens (including phenoxy) is 2. The number of rotatable bonds is 5. The Morgan fingerprint density at radius 2 is 2.06 bits per heavy atom. The maximum Gasteiger partial charge on any atom is 0.161 e. The summed E-state index contributed by atoms with van der Waals surface area (Å²) in [7, 11) is -0.849. The van der Waals surface area contributed by atoms with Crippen molar-refractivity contribution >= 4 is 10.8 Å². The van der Waals surface area contributed by atoms with E-state index in [1.54, 1.807) is 0 Å². The van der Waals surface area contributed by atoms with Crippen molar-refractivity contribution in [2.45, 2.75) is 19.4 Å². The average Bonchev–Trinajstić information content (AvgIpc) is 2.38. The summed E-state index contributed by atoms with van der Waals surface area (Å²) >= 11 is 0. The molecule has 0 saturated heterocycles. The van der Waals surface area contributed by atoms with Gasteiger partial charge in [0.2, 0.25) is 0 Å². The highest BCUT2D eigenvalue weighted by Gasteiger charge is 2.16. The largest absolute Gasteiger partial charge is 0.486 e. The van der Waals surface area contributed by atoms with E-state index in [-0.39, 0.29) is 6.04 Å². The van der Waals surface area contributed by atoms with Crippen LogP contribution in [0.2, 0.25) is 0 Å². The van der Waals surface area contributed by atoms with Crippen molar-refractivity contribution in [1.29, 1.82) is 0 Å². The van der Waals surface area contributed by atoms with Gasteiger partial charge >= 0.3 is 0 Å². The van der Waals surface area contributed by atoms with Gasteiger partial charge in [-0.2, -0.15) is 0 Å². The van der Waals surface area contributed by atoms with Crippen LogP contribution >= 0.6 is 0 Å². The lowest BCUT2D eigenvalue weighted by Gasteiger charge is -2.20. The fourth-order valence-electron chi connectivity index (χ4n) is 1.90. The van der Waals surface area contributed by atoms with Crippen molar-refractivity contribution in [2.24, 2.45) is 5.73 Å². The Kier molecular flexibility index (Phi) is 4.60. The monoisotopic (exact) mass is 269 g/mol. The summed E-state index contributed by atoms with van der Waals surface area (Å²) in [5, 5.41) is 0. The Balaban J connectivity index is 2.06. The molecule has 2 N–H and O–H groups in total. The van der Waals surface area contributed by atoms with E-state index in [4.69, 9.17) is 15.2 Å². The van der Waals surface area contributed by atoms with Crippen LogP contribution in [0.4, 0.5) is 0 Å². The Bertz CT molecular complexity index is 436. The van der Waals surface area contributed by atoms with Gasteiger partial charge in [0.05, 0.1) is 0 Å². The molecule has 2 rings (SSSR count). The number of nitrogens with two attached hydrogens (primary N) is 1. The zero-order valence-corrected chi connectivity index (χ0v) is 11.4. The Hall–Kier alpha value is -1.07. The zero-order valence-electron chi connectivity index (χ0n) is 10.6. The summed E-state index contributed by atoms with van der Waals surface area (Å²) in [5.41, 5.74) is 7.02. The molecule has 0 fully saturated rings. The van der Waals surface area contributed by atoms with E-state index in [0.717, 1.165) is 23.5 Å². The maximum absolute atomic E-state index is 11.7. The Morgan fingerprint density at radius 3 is 2.78 bits per heavy atom. The third-order valence-corrected chi connectivity index (χ3v) is 4.39. The summed E-state index contributed by atoms with van der Waals surface area (Å²) < 4.78 is 22.7. The quantitative estimate of drug-likeness (QED) is 0.882. The summed E-state index contributed by atoms with van der Waals surface area (Å²) in [4.78, 5) is 0. The maximum atomic E-state index is 11.7. The van der Waals surface area contributed by atoms with Gasteiger partial charge in [0, 0.05) is 28.3 Å². The molecule has 18 heavy (non-hydrogen) atoms. The first-order valence-corrected chi connectivity index (χ1v) is 7.69. The molecule has 2 unspecified atom stereocenters. The molecule has 0 saturated carbocycles. The first kappa shape index (κ1) is 13.4. The second kappa shape index (κ2) is 6.20. The summed E-state index contributed by atoms with van der Waals surface area (Å²) in [6, 6.07) is 5.46. The van der Waals surface area contributed by atoms with Crippen molar-refractivity contribution in [3.05, 3.63) is 23.8 Å². The second-order valence-corrected chi connectivity index (χ2v) is 5.94. The second-order valence-electron chi connectivity index (χ2n) is 4.32. The standard InChI is InChI=1S/C13H19NO3S/c1-2-7-18(15)9-11(14)10-3-4-12-13(8-10)17-6-5-16-12/h3-4,8,11H,2,5-7,9,14H2,1H3. The van der Waals surface area contributed by atoms with Gasteiger partial charge in [0.1, 0.15) is 13.2 Å². The molecule has 0 radical (unpaired) electrons. The molecule has 0 amide bonds. The van der Waals surface area contributed by atoms with Crippen molar-refractivity contribution in [1.82, 2.24) is 0 Å². The van der Waals surface area contributed by atoms with Crippen LogP contribution in [0.15, 0.2) is 18.2 Å². The van der Waals surface area contributed by atoms with E-state index in [1.807, 2.05) is 25.1 Å². The smallest absolute Gasteiger partial charge is 0.161 e. The van der Waals surface area contributed by atoms with Crippen LogP contribution in [-0.2, 0) is 10.8 Å². The van der Waals surface area contributed by atoms with Crippen molar-refractivity contribution < 1.29 is 13.7 Å². The molecule has 0 aliphatic carbocycles. The third-order valence-electron chi connectivity index (χ3n) is 2.79. The molecule has 5 heteroatoms. The van der Waals surface area contributed by atoms with Crippen molar-refractivity contribution in [3.8, 4) is 11.5 Å². The lowest BCUT2D eigenvalue weighted by Crippen LogP contribution is -2.20. The molecule has 1 aliphatic heterocycles. The molecule has 1 aliphatic rings.